The van der Waals surface area contributed by atoms with E-state index in [-0.39, 0.29) is 11.3 Å². The number of halogens is 3. The van der Waals surface area contributed by atoms with E-state index in [1.165, 1.54) is 6.07 Å². The van der Waals surface area contributed by atoms with E-state index in [4.69, 9.17) is 39.5 Å². The van der Waals surface area contributed by atoms with Gasteiger partial charge in [-0.25, -0.2) is 0 Å². The summed E-state index contributed by atoms with van der Waals surface area (Å²) in [7, 11) is 1.60. The van der Waals surface area contributed by atoms with E-state index in [9.17, 15) is 9.59 Å². The highest BCUT2D eigenvalue weighted by Gasteiger charge is 2.31. The monoisotopic (exact) mass is 466 g/mol. The van der Waals surface area contributed by atoms with Crippen LogP contribution in [0.3, 0.4) is 0 Å². The lowest BCUT2D eigenvalue weighted by Crippen LogP contribution is -2.43. The first-order chi connectivity index (χ1) is 14.0. The standard InChI is InChI=1S/C22H21Cl3N2O3/c1-21(2)12-14-7-8-16(30-3)10-17(14)18(27-21)11-19(28)13-5-4-6-15(9-13)26-20(29)22(23,24)25/h4-11,27H,12H2,1-3H3,(H,26,29)/b18-11-. The van der Waals surface area contributed by atoms with Crippen molar-refractivity contribution >= 4 is 57.9 Å². The molecule has 2 N–H and O–H groups in total. The Kier molecular flexibility index (Phi) is 6.37. The summed E-state index contributed by atoms with van der Waals surface area (Å²) in [5.74, 6) is -0.314. The molecule has 0 atom stereocenters. The Morgan fingerprint density at radius 1 is 1.17 bits per heavy atom. The van der Waals surface area contributed by atoms with Gasteiger partial charge < -0.3 is 15.4 Å². The van der Waals surface area contributed by atoms with Crippen molar-refractivity contribution in [2.45, 2.75) is 29.6 Å². The number of anilines is 1. The molecule has 3 rings (SSSR count). The molecule has 0 aliphatic carbocycles. The topological polar surface area (TPSA) is 67.4 Å². The van der Waals surface area contributed by atoms with Gasteiger partial charge in [-0.3, -0.25) is 9.59 Å². The summed E-state index contributed by atoms with van der Waals surface area (Å²) in [6.45, 7) is 4.15. The number of ether oxygens (including phenoxy) is 1. The van der Waals surface area contributed by atoms with Gasteiger partial charge in [-0.05, 0) is 50.1 Å². The molecule has 0 fully saturated rings. The fraction of sp³-hybridized carbons (Fsp3) is 0.273. The van der Waals surface area contributed by atoms with E-state index in [2.05, 4.69) is 24.5 Å². The van der Waals surface area contributed by atoms with Gasteiger partial charge in [0.05, 0.1) is 7.11 Å². The number of nitrogens with one attached hydrogen (secondary N) is 2. The molecule has 30 heavy (non-hydrogen) atoms. The number of rotatable bonds is 4. The molecule has 0 saturated carbocycles. The van der Waals surface area contributed by atoms with Gasteiger partial charge >= 0.3 is 0 Å². The van der Waals surface area contributed by atoms with Gasteiger partial charge in [0.1, 0.15) is 5.75 Å². The highest BCUT2D eigenvalue weighted by atomic mass is 35.6. The lowest BCUT2D eigenvalue weighted by Gasteiger charge is -2.35. The van der Waals surface area contributed by atoms with E-state index < -0.39 is 9.70 Å². The molecule has 0 bridgehead atoms. The summed E-state index contributed by atoms with van der Waals surface area (Å²) in [6.07, 6.45) is 2.37. The quantitative estimate of drug-likeness (QED) is 0.371. The predicted octanol–water partition coefficient (Wildman–Crippen LogP) is 5.15. The molecule has 1 aliphatic rings. The van der Waals surface area contributed by atoms with Crippen LogP contribution in [-0.4, -0.2) is 28.1 Å². The maximum atomic E-state index is 13.0. The number of carbonyl (C=O) groups is 2. The summed E-state index contributed by atoms with van der Waals surface area (Å²) < 4.78 is 3.24. The molecule has 0 spiro atoms. The third-order valence-electron chi connectivity index (χ3n) is 4.65. The lowest BCUT2D eigenvalue weighted by atomic mass is 9.85. The number of carbonyl (C=O) groups excluding carboxylic acids is 2. The van der Waals surface area contributed by atoms with Gasteiger partial charge in [-0.15, -0.1) is 0 Å². The molecule has 1 heterocycles. The molecule has 0 unspecified atom stereocenters. The average Bonchev–Trinajstić information content (AvgIpc) is 2.66. The van der Waals surface area contributed by atoms with Crippen LogP contribution in [0.4, 0.5) is 5.69 Å². The summed E-state index contributed by atoms with van der Waals surface area (Å²) >= 11 is 16.8. The van der Waals surface area contributed by atoms with Gasteiger partial charge in [0.25, 0.3) is 9.70 Å². The molecule has 1 aliphatic heterocycles. The molecule has 0 saturated heterocycles. The average molecular weight is 468 g/mol. The maximum Gasteiger partial charge on any atom is 0.276 e. The molecule has 8 heteroatoms. The fourth-order valence-electron chi connectivity index (χ4n) is 3.32. The number of amides is 1. The maximum absolute atomic E-state index is 13.0. The van der Waals surface area contributed by atoms with Crippen molar-refractivity contribution in [3.8, 4) is 5.75 Å². The molecule has 2 aromatic carbocycles. The van der Waals surface area contributed by atoms with Crippen LogP contribution in [0.1, 0.15) is 35.3 Å². The summed E-state index contributed by atoms with van der Waals surface area (Å²) in [5, 5.41) is 5.91. The number of methoxy groups -OCH3 is 1. The van der Waals surface area contributed by atoms with Gasteiger partial charge in [-0.1, -0.05) is 53.0 Å². The third kappa shape index (κ3) is 5.28. The Bertz CT molecular complexity index is 1030. The largest absolute Gasteiger partial charge is 0.497 e. The highest BCUT2D eigenvalue weighted by molar-refractivity contribution is 6.76. The second-order valence-corrected chi connectivity index (χ2v) is 9.94. The van der Waals surface area contributed by atoms with E-state index in [1.54, 1.807) is 31.4 Å². The number of allylic oxidation sites excluding steroid dienone is 1. The normalized spacial score (nSPS) is 16.4. The Hall–Kier alpha value is -2.21. The number of benzene rings is 2. The summed E-state index contributed by atoms with van der Waals surface area (Å²) in [4.78, 5) is 24.9. The van der Waals surface area contributed by atoms with E-state index in [1.807, 2.05) is 18.2 Å². The first kappa shape index (κ1) is 22.5. The van der Waals surface area contributed by atoms with Gasteiger partial charge in [0, 0.05) is 34.1 Å². The van der Waals surface area contributed by atoms with Crippen molar-refractivity contribution in [3.05, 3.63) is 65.2 Å². The second-order valence-electron chi connectivity index (χ2n) is 7.66. The first-order valence-corrected chi connectivity index (χ1v) is 10.3. The highest BCUT2D eigenvalue weighted by Crippen LogP contribution is 2.33. The SMILES string of the molecule is COc1ccc2c(c1)/C(=C/C(=O)c1cccc(NC(=O)C(Cl)(Cl)Cl)c1)NC(C)(C)C2. The van der Waals surface area contributed by atoms with E-state index >= 15 is 0 Å². The summed E-state index contributed by atoms with van der Waals surface area (Å²) in [6, 6.07) is 12.3. The van der Waals surface area contributed by atoms with Crippen molar-refractivity contribution in [2.75, 3.05) is 12.4 Å². The number of hydrogen-bond donors (Lipinski definition) is 2. The molecule has 5 nitrogen and oxygen atoms in total. The zero-order valence-electron chi connectivity index (χ0n) is 16.7. The molecule has 0 radical (unpaired) electrons. The van der Waals surface area contributed by atoms with Crippen molar-refractivity contribution in [3.63, 3.8) is 0 Å². The van der Waals surface area contributed by atoms with Gasteiger partial charge in [0.2, 0.25) is 0 Å². The minimum atomic E-state index is -2.09. The van der Waals surface area contributed by atoms with E-state index in [0.29, 0.717) is 22.7 Å². The lowest BCUT2D eigenvalue weighted by molar-refractivity contribution is -0.115. The van der Waals surface area contributed by atoms with Crippen LogP contribution in [0.25, 0.3) is 5.70 Å². The van der Waals surface area contributed by atoms with E-state index in [0.717, 1.165) is 17.5 Å². The molecular weight excluding hydrogens is 447 g/mol. The van der Waals surface area contributed by atoms with Crippen LogP contribution in [0.5, 0.6) is 5.75 Å². The Morgan fingerprint density at radius 2 is 1.90 bits per heavy atom. The molecule has 1 amide bonds. The molecule has 2 aromatic rings. The summed E-state index contributed by atoms with van der Waals surface area (Å²) in [5.41, 5.74) is 3.29. The number of fused-ring (bicyclic) bond motifs is 1. The van der Waals surface area contributed by atoms with Crippen molar-refractivity contribution in [2.24, 2.45) is 0 Å². The predicted molar refractivity (Wildman–Crippen MR) is 122 cm³/mol. The smallest absolute Gasteiger partial charge is 0.276 e. The zero-order chi connectivity index (χ0) is 22.1. The van der Waals surface area contributed by atoms with Crippen LogP contribution >= 0.6 is 34.8 Å². The van der Waals surface area contributed by atoms with Crippen LogP contribution in [0, 0.1) is 0 Å². The minimum absolute atomic E-state index is 0.214. The number of ketones is 1. The van der Waals surface area contributed by atoms with Crippen LogP contribution in [0.15, 0.2) is 48.5 Å². The van der Waals surface area contributed by atoms with Crippen LogP contribution in [-0.2, 0) is 11.2 Å². The fourth-order valence-corrected chi connectivity index (χ4v) is 3.46. The first-order valence-electron chi connectivity index (χ1n) is 9.18. The second kappa shape index (κ2) is 8.50. The minimum Gasteiger partial charge on any atom is -0.497 e. The van der Waals surface area contributed by atoms with Crippen LogP contribution < -0.4 is 15.4 Å². The van der Waals surface area contributed by atoms with Gasteiger partial charge in [-0.2, -0.15) is 0 Å². The third-order valence-corrected chi connectivity index (χ3v) is 5.17. The Morgan fingerprint density at radius 3 is 2.57 bits per heavy atom. The van der Waals surface area contributed by atoms with Crippen molar-refractivity contribution < 1.29 is 14.3 Å². The van der Waals surface area contributed by atoms with Gasteiger partial charge in [0.15, 0.2) is 5.78 Å². The number of alkyl halides is 3. The number of hydrogen-bond acceptors (Lipinski definition) is 4. The Labute approximate surface area is 190 Å². The van der Waals surface area contributed by atoms with Crippen molar-refractivity contribution in [1.82, 2.24) is 5.32 Å². The molecular formula is C22H21Cl3N2O3. The zero-order valence-corrected chi connectivity index (χ0v) is 19.0. The Balaban J connectivity index is 1.93. The van der Waals surface area contributed by atoms with Crippen molar-refractivity contribution in [1.29, 1.82) is 0 Å². The van der Waals surface area contributed by atoms with Crippen LogP contribution in [0.2, 0.25) is 0 Å². The molecule has 158 valence electrons. The molecule has 0 aromatic heterocycles.